The highest BCUT2D eigenvalue weighted by Crippen LogP contribution is 2.42. The summed E-state index contributed by atoms with van der Waals surface area (Å²) in [5.74, 6) is 0.690. The maximum atomic E-state index is 11.3. The molecule has 1 aliphatic heterocycles. The molecule has 0 radical (unpaired) electrons. The first-order valence-electron chi connectivity index (χ1n) is 8.12. The fourth-order valence-electron chi connectivity index (χ4n) is 3.45. The van der Waals surface area contributed by atoms with Crippen LogP contribution in [0, 0.1) is 0 Å². The minimum atomic E-state index is -0.299. The molecule has 0 saturated heterocycles. The predicted molar refractivity (Wildman–Crippen MR) is 91.2 cm³/mol. The van der Waals surface area contributed by atoms with Gasteiger partial charge in [0.25, 0.3) is 11.6 Å². The van der Waals surface area contributed by atoms with Gasteiger partial charge in [-0.2, -0.15) is 4.98 Å². The van der Waals surface area contributed by atoms with Crippen molar-refractivity contribution in [1.82, 2.24) is 9.55 Å². The third-order valence-electron chi connectivity index (χ3n) is 4.85. The summed E-state index contributed by atoms with van der Waals surface area (Å²) in [7, 11) is 0. The number of rotatable bonds is 3. The molecule has 0 amide bonds. The SMILES string of the molecule is CC1(C)CCc2cc(OCC3Cn4ccc(=O)nc4O3)c(Cl)cc21. The maximum absolute atomic E-state index is 11.3. The van der Waals surface area contributed by atoms with Gasteiger partial charge in [-0.05, 0) is 41.5 Å². The molecule has 4 rings (SSSR count). The van der Waals surface area contributed by atoms with Crippen LogP contribution in [0.2, 0.25) is 5.02 Å². The summed E-state index contributed by atoms with van der Waals surface area (Å²) >= 11 is 6.41. The van der Waals surface area contributed by atoms with Crippen LogP contribution in [-0.2, 0) is 18.4 Å². The van der Waals surface area contributed by atoms with E-state index in [4.69, 9.17) is 21.1 Å². The van der Waals surface area contributed by atoms with Gasteiger partial charge in [-0.1, -0.05) is 25.4 Å². The van der Waals surface area contributed by atoms with E-state index in [9.17, 15) is 4.79 Å². The average molecular weight is 347 g/mol. The number of halogens is 1. The molecule has 126 valence electrons. The van der Waals surface area contributed by atoms with Gasteiger partial charge in [-0.3, -0.25) is 9.36 Å². The highest BCUT2D eigenvalue weighted by molar-refractivity contribution is 6.32. The molecule has 2 aliphatic rings. The third-order valence-corrected chi connectivity index (χ3v) is 5.15. The second-order valence-electron chi connectivity index (χ2n) is 7.08. The van der Waals surface area contributed by atoms with Gasteiger partial charge >= 0.3 is 0 Å². The first kappa shape index (κ1) is 15.5. The smallest absolute Gasteiger partial charge is 0.300 e. The van der Waals surface area contributed by atoms with Gasteiger partial charge < -0.3 is 9.47 Å². The number of benzene rings is 1. The van der Waals surface area contributed by atoms with Gasteiger partial charge in [0.1, 0.15) is 12.4 Å². The van der Waals surface area contributed by atoms with Crippen LogP contribution in [0.4, 0.5) is 0 Å². The fraction of sp³-hybridized carbons (Fsp3) is 0.444. The molecule has 0 fully saturated rings. The van der Waals surface area contributed by atoms with Crippen LogP contribution < -0.4 is 15.0 Å². The monoisotopic (exact) mass is 346 g/mol. The van der Waals surface area contributed by atoms with Crippen LogP contribution in [-0.4, -0.2) is 22.3 Å². The highest BCUT2D eigenvalue weighted by atomic mass is 35.5. The molecule has 1 aliphatic carbocycles. The zero-order chi connectivity index (χ0) is 16.9. The number of aromatic nitrogens is 2. The van der Waals surface area contributed by atoms with Crippen LogP contribution in [0.3, 0.4) is 0 Å². The van der Waals surface area contributed by atoms with E-state index in [1.807, 2.05) is 10.6 Å². The lowest BCUT2D eigenvalue weighted by Crippen LogP contribution is -2.23. The van der Waals surface area contributed by atoms with Crippen molar-refractivity contribution in [2.24, 2.45) is 0 Å². The number of fused-ring (bicyclic) bond motifs is 2. The Hall–Kier alpha value is -2.01. The molecule has 2 heterocycles. The predicted octanol–water partition coefficient (Wildman–Crippen LogP) is 2.96. The van der Waals surface area contributed by atoms with Crippen molar-refractivity contribution in [3.63, 3.8) is 0 Å². The quantitative estimate of drug-likeness (QED) is 0.857. The molecule has 0 bridgehead atoms. The summed E-state index contributed by atoms with van der Waals surface area (Å²) in [6, 6.07) is 5.85. The van der Waals surface area contributed by atoms with Crippen molar-refractivity contribution in [2.45, 2.75) is 44.8 Å². The second kappa shape index (κ2) is 5.52. The van der Waals surface area contributed by atoms with Gasteiger partial charge in [0.2, 0.25) is 0 Å². The summed E-state index contributed by atoms with van der Waals surface area (Å²) in [4.78, 5) is 15.1. The Morgan fingerprint density at radius 2 is 2.29 bits per heavy atom. The van der Waals surface area contributed by atoms with E-state index in [0.29, 0.717) is 29.9 Å². The first-order valence-corrected chi connectivity index (χ1v) is 8.50. The van der Waals surface area contributed by atoms with Crippen LogP contribution in [0.25, 0.3) is 0 Å². The molecule has 1 unspecified atom stereocenters. The third kappa shape index (κ3) is 2.67. The minimum Gasteiger partial charge on any atom is -0.488 e. The summed E-state index contributed by atoms with van der Waals surface area (Å²) in [6.45, 7) is 5.46. The molecule has 1 aromatic heterocycles. The van der Waals surface area contributed by atoms with Crippen molar-refractivity contribution in [2.75, 3.05) is 6.61 Å². The van der Waals surface area contributed by atoms with Gasteiger partial charge in [-0.25, -0.2) is 0 Å². The van der Waals surface area contributed by atoms with Crippen molar-refractivity contribution >= 4 is 11.6 Å². The lowest BCUT2D eigenvalue weighted by Gasteiger charge is -2.20. The molecule has 5 nitrogen and oxygen atoms in total. The Bertz CT molecular complexity index is 860. The summed E-state index contributed by atoms with van der Waals surface area (Å²) in [5, 5.41) is 0.631. The van der Waals surface area contributed by atoms with E-state index in [1.54, 1.807) is 6.20 Å². The second-order valence-corrected chi connectivity index (χ2v) is 7.48. The summed E-state index contributed by atoms with van der Waals surface area (Å²) in [6.07, 6.45) is 3.69. The fourth-order valence-corrected chi connectivity index (χ4v) is 3.66. The molecular weight excluding hydrogens is 328 g/mol. The average Bonchev–Trinajstić information content (AvgIpc) is 3.06. The maximum Gasteiger partial charge on any atom is 0.300 e. The van der Waals surface area contributed by atoms with Crippen molar-refractivity contribution < 1.29 is 9.47 Å². The van der Waals surface area contributed by atoms with Crippen molar-refractivity contribution in [3.05, 3.63) is 50.9 Å². The van der Waals surface area contributed by atoms with Crippen LogP contribution in [0.15, 0.2) is 29.2 Å². The first-order chi connectivity index (χ1) is 11.4. The summed E-state index contributed by atoms with van der Waals surface area (Å²) < 4.78 is 13.4. The molecule has 24 heavy (non-hydrogen) atoms. The molecule has 0 N–H and O–H groups in total. The number of ether oxygens (including phenoxy) is 2. The molecule has 0 saturated carbocycles. The van der Waals surface area contributed by atoms with E-state index >= 15 is 0 Å². The van der Waals surface area contributed by atoms with E-state index in [0.717, 1.165) is 12.8 Å². The zero-order valence-electron chi connectivity index (χ0n) is 13.7. The van der Waals surface area contributed by atoms with Gasteiger partial charge in [0.05, 0.1) is 11.6 Å². The topological polar surface area (TPSA) is 53.4 Å². The molecule has 1 atom stereocenters. The number of nitrogens with zero attached hydrogens (tertiary/aromatic N) is 2. The van der Waals surface area contributed by atoms with Gasteiger partial charge in [0, 0.05) is 12.3 Å². The van der Waals surface area contributed by atoms with Gasteiger partial charge in [0.15, 0.2) is 6.10 Å². The van der Waals surface area contributed by atoms with Crippen LogP contribution in [0.5, 0.6) is 11.8 Å². The molecule has 0 spiro atoms. The Morgan fingerprint density at radius 3 is 3.12 bits per heavy atom. The Balaban J connectivity index is 1.47. The van der Waals surface area contributed by atoms with Crippen LogP contribution in [0.1, 0.15) is 31.4 Å². The standard InChI is InChI=1S/C18H19ClN2O3/c1-18(2)5-3-11-7-15(14(19)8-13(11)18)23-10-12-9-21-6-4-16(22)20-17(21)24-12/h4,6-8,12H,3,5,9-10H2,1-2H3. The van der Waals surface area contributed by atoms with E-state index < -0.39 is 0 Å². The Morgan fingerprint density at radius 1 is 1.46 bits per heavy atom. The molecular formula is C18H19ClN2O3. The van der Waals surface area contributed by atoms with Crippen LogP contribution >= 0.6 is 11.6 Å². The largest absolute Gasteiger partial charge is 0.488 e. The van der Waals surface area contributed by atoms with E-state index in [2.05, 4.69) is 24.9 Å². The molecule has 1 aromatic carbocycles. The van der Waals surface area contributed by atoms with E-state index in [1.165, 1.54) is 17.2 Å². The molecule has 6 heteroatoms. The lowest BCUT2D eigenvalue weighted by atomic mass is 9.87. The normalized spacial score (nSPS) is 20.4. The van der Waals surface area contributed by atoms with Crippen molar-refractivity contribution in [3.8, 4) is 11.8 Å². The number of hydrogen-bond donors (Lipinski definition) is 0. The lowest BCUT2D eigenvalue weighted by molar-refractivity contribution is 0.143. The van der Waals surface area contributed by atoms with Crippen molar-refractivity contribution in [1.29, 1.82) is 0 Å². The minimum absolute atomic E-state index is 0.173. The van der Waals surface area contributed by atoms with Gasteiger partial charge in [-0.15, -0.1) is 0 Å². The number of aryl methyl sites for hydroxylation is 1. The number of hydrogen-bond acceptors (Lipinski definition) is 4. The zero-order valence-corrected chi connectivity index (χ0v) is 14.5. The highest BCUT2D eigenvalue weighted by Gasteiger charge is 2.31. The molecule has 2 aromatic rings. The van der Waals surface area contributed by atoms with E-state index in [-0.39, 0.29) is 17.1 Å². The Kier molecular flexibility index (Phi) is 3.57. The summed E-state index contributed by atoms with van der Waals surface area (Å²) in [5.41, 5.74) is 2.49. The Labute approximate surface area is 145 Å².